The van der Waals surface area contributed by atoms with Gasteiger partial charge in [0, 0.05) is 10.9 Å². The number of hydrogen-bond donors (Lipinski definition) is 2. The van der Waals surface area contributed by atoms with Crippen LogP contribution in [0.15, 0.2) is 35.9 Å². The number of nitrogens with one attached hydrogen (secondary N) is 1. The van der Waals surface area contributed by atoms with Crippen molar-refractivity contribution in [2.45, 2.75) is 31.5 Å². The Morgan fingerprint density at radius 3 is 2.69 bits per heavy atom. The maximum atomic E-state index is 13.6. The van der Waals surface area contributed by atoms with E-state index in [0.29, 0.717) is 34.3 Å². The first-order chi connectivity index (χ1) is 12.2. The number of aromatic amines is 1. The fourth-order valence-corrected chi connectivity index (χ4v) is 3.88. The largest absolute Gasteiger partial charge is 0.481 e. The summed E-state index contributed by atoms with van der Waals surface area (Å²) in [4.78, 5) is 14.6. The van der Waals surface area contributed by atoms with Crippen LogP contribution in [0.3, 0.4) is 0 Å². The minimum Gasteiger partial charge on any atom is -0.481 e. The van der Waals surface area contributed by atoms with Gasteiger partial charge >= 0.3 is 12.1 Å². The van der Waals surface area contributed by atoms with E-state index >= 15 is 0 Å². The number of H-pyrrole nitrogens is 1. The number of aryl methyl sites for hydroxylation is 1. The summed E-state index contributed by atoms with van der Waals surface area (Å²) >= 11 is 0. The fourth-order valence-electron chi connectivity index (χ4n) is 3.88. The van der Waals surface area contributed by atoms with Gasteiger partial charge in [-0.2, -0.15) is 13.2 Å². The summed E-state index contributed by atoms with van der Waals surface area (Å²) < 4.78 is 46.6. The van der Waals surface area contributed by atoms with Gasteiger partial charge in [-0.05, 0) is 36.1 Å². The van der Waals surface area contributed by atoms with Crippen LogP contribution in [0.5, 0.6) is 0 Å². The first kappa shape index (κ1) is 16.9. The maximum Gasteiger partial charge on any atom is 0.417 e. The molecule has 136 valence electrons. The number of carboxylic acid groups (broad SMARTS) is 1. The van der Waals surface area contributed by atoms with Gasteiger partial charge in [-0.25, -0.2) is 0 Å². The molecule has 0 spiro atoms. The van der Waals surface area contributed by atoms with Crippen LogP contribution in [-0.2, 0) is 27.7 Å². The van der Waals surface area contributed by atoms with Crippen molar-refractivity contribution in [3.05, 3.63) is 58.3 Å². The molecule has 2 aromatic rings. The third-order valence-corrected chi connectivity index (χ3v) is 5.10. The summed E-state index contributed by atoms with van der Waals surface area (Å²) in [5, 5.41) is 9.53. The highest BCUT2D eigenvalue weighted by Gasteiger charge is 2.46. The Morgan fingerprint density at radius 1 is 1.38 bits per heavy atom. The van der Waals surface area contributed by atoms with Gasteiger partial charge in [0.1, 0.15) is 5.60 Å². The van der Waals surface area contributed by atoms with Gasteiger partial charge in [0.15, 0.2) is 0 Å². The van der Waals surface area contributed by atoms with Gasteiger partial charge < -0.3 is 14.8 Å². The molecule has 26 heavy (non-hydrogen) atoms. The summed E-state index contributed by atoms with van der Waals surface area (Å²) in [6, 6.07) is 2.51. The van der Waals surface area contributed by atoms with Crippen LogP contribution in [0.4, 0.5) is 13.2 Å². The monoisotopic (exact) mass is 363 g/mol. The number of ether oxygens (including phenoxy) is 1. The normalized spacial score (nSPS) is 22.1. The lowest BCUT2D eigenvalue weighted by Crippen LogP contribution is -2.40. The van der Waals surface area contributed by atoms with Crippen LogP contribution >= 0.6 is 0 Å². The lowest BCUT2D eigenvalue weighted by molar-refractivity contribution is -0.145. The molecule has 1 aromatic carbocycles. The molecule has 1 atom stereocenters. The molecule has 0 amide bonds. The predicted molar refractivity (Wildman–Crippen MR) is 88.8 cm³/mol. The van der Waals surface area contributed by atoms with Crippen LogP contribution in [0.25, 0.3) is 10.9 Å². The van der Waals surface area contributed by atoms with Gasteiger partial charge in [-0.3, -0.25) is 4.79 Å². The zero-order valence-electron chi connectivity index (χ0n) is 13.9. The highest BCUT2D eigenvalue weighted by atomic mass is 19.4. The van der Waals surface area contributed by atoms with Crippen molar-refractivity contribution in [2.24, 2.45) is 0 Å². The number of allylic oxidation sites excluding steroid dienone is 2. The quantitative estimate of drug-likeness (QED) is 0.858. The number of carboxylic acids is 1. The van der Waals surface area contributed by atoms with E-state index in [1.165, 1.54) is 6.07 Å². The average molecular weight is 363 g/mol. The topological polar surface area (TPSA) is 62.3 Å². The average Bonchev–Trinajstić information content (AvgIpc) is 2.86. The molecule has 2 aliphatic rings. The lowest BCUT2D eigenvalue weighted by Gasteiger charge is -2.39. The number of aromatic nitrogens is 1. The van der Waals surface area contributed by atoms with Crippen molar-refractivity contribution in [3.63, 3.8) is 0 Å². The second-order valence-electron chi connectivity index (χ2n) is 6.63. The van der Waals surface area contributed by atoms with E-state index in [0.717, 1.165) is 6.07 Å². The Morgan fingerprint density at radius 2 is 2.12 bits per heavy atom. The third-order valence-electron chi connectivity index (χ3n) is 5.10. The van der Waals surface area contributed by atoms with Crippen molar-refractivity contribution in [3.8, 4) is 0 Å². The Bertz CT molecular complexity index is 984. The zero-order chi connectivity index (χ0) is 18.7. The van der Waals surface area contributed by atoms with Crippen molar-refractivity contribution >= 4 is 16.9 Å². The van der Waals surface area contributed by atoms with E-state index in [-0.39, 0.29) is 18.4 Å². The molecule has 1 aliphatic heterocycles. The van der Waals surface area contributed by atoms with Gasteiger partial charge in [0.2, 0.25) is 0 Å². The van der Waals surface area contributed by atoms with E-state index < -0.39 is 23.3 Å². The highest BCUT2D eigenvalue weighted by molar-refractivity contribution is 5.92. The van der Waals surface area contributed by atoms with E-state index in [9.17, 15) is 23.1 Å². The number of rotatable bonds is 3. The van der Waals surface area contributed by atoms with Crippen LogP contribution in [0.2, 0.25) is 0 Å². The highest BCUT2D eigenvalue weighted by Crippen LogP contribution is 2.48. The molecule has 2 heterocycles. The third kappa shape index (κ3) is 2.30. The molecule has 0 fully saturated rings. The van der Waals surface area contributed by atoms with E-state index in [1.54, 1.807) is 25.2 Å². The Kier molecular flexibility index (Phi) is 3.56. The molecule has 1 unspecified atom stereocenters. The molecule has 4 nitrogen and oxygen atoms in total. The molecular formula is C19H16F3NO3. The number of fused-ring (bicyclic) bond motifs is 3. The van der Waals surface area contributed by atoms with Gasteiger partial charge in [0.05, 0.1) is 24.3 Å². The van der Waals surface area contributed by atoms with Crippen LogP contribution in [0.1, 0.15) is 28.8 Å². The molecule has 4 rings (SSSR count). The van der Waals surface area contributed by atoms with Gasteiger partial charge in [-0.15, -0.1) is 0 Å². The lowest BCUT2D eigenvalue weighted by atomic mass is 9.79. The number of carbonyl (C=O) groups is 1. The minimum atomic E-state index is -4.49. The first-order valence-corrected chi connectivity index (χ1v) is 8.20. The zero-order valence-corrected chi connectivity index (χ0v) is 13.9. The number of aliphatic carboxylic acids is 1. The van der Waals surface area contributed by atoms with Gasteiger partial charge in [0.25, 0.3) is 0 Å². The number of hydrogen-bond acceptors (Lipinski definition) is 2. The van der Waals surface area contributed by atoms with E-state index in [4.69, 9.17) is 4.74 Å². The van der Waals surface area contributed by atoms with E-state index in [2.05, 4.69) is 4.98 Å². The maximum absolute atomic E-state index is 13.6. The molecule has 0 radical (unpaired) electrons. The van der Waals surface area contributed by atoms with Gasteiger partial charge in [-0.1, -0.05) is 24.3 Å². The Labute approximate surface area is 147 Å². The Balaban J connectivity index is 2.04. The number of halogens is 3. The first-order valence-electron chi connectivity index (χ1n) is 8.20. The second kappa shape index (κ2) is 5.48. The van der Waals surface area contributed by atoms with Crippen molar-refractivity contribution in [2.75, 3.05) is 6.61 Å². The van der Waals surface area contributed by atoms with Crippen LogP contribution in [0, 0.1) is 6.92 Å². The number of benzene rings is 1. The summed E-state index contributed by atoms with van der Waals surface area (Å²) in [7, 11) is 0. The second-order valence-corrected chi connectivity index (χ2v) is 6.63. The molecule has 2 N–H and O–H groups in total. The minimum absolute atomic E-state index is 0.120. The Hall–Kier alpha value is -2.54. The molecule has 7 heteroatoms. The van der Waals surface area contributed by atoms with Crippen LogP contribution in [-0.4, -0.2) is 22.7 Å². The smallest absolute Gasteiger partial charge is 0.417 e. The molecular weight excluding hydrogens is 347 g/mol. The molecule has 1 aromatic heterocycles. The standard InChI is InChI=1S/C19H16F3NO3/c1-10-5-6-13(19(20,21)22)15-12-7-8-26-18(9-14(24)25,11-3-2-4-11)17(12)23-16(10)15/h2-6,23H,7-9H2,1H3,(H,24,25). The molecule has 1 aliphatic carbocycles. The van der Waals surface area contributed by atoms with Crippen molar-refractivity contribution < 1.29 is 27.8 Å². The molecule has 0 saturated heterocycles. The molecule has 0 saturated carbocycles. The summed E-state index contributed by atoms with van der Waals surface area (Å²) in [5.41, 5.74) is 0.612. The SMILES string of the molecule is Cc1ccc(C(F)(F)F)c2c3c([nH]c12)C(CC(=O)O)(C1=CC=C1)OCC3. The predicted octanol–water partition coefficient (Wildman–Crippen LogP) is 4.23. The summed E-state index contributed by atoms with van der Waals surface area (Å²) in [6.45, 7) is 1.89. The van der Waals surface area contributed by atoms with Crippen LogP contribution < -0.4 is 0 Å². The molecule has 0 bridgehead atoms. The van der Waals surface area contributed by atoms with Crippen molar-refractivity contribution in [1.29, 1.82) is 0 Å². The fraction of sp³-hybridized carbons (Fsp3) is 0.316. The number of alkyl halides is 3. The summed E-state index contributed by atoms with van der Waals surface area (Å²) in [5.74, 6) is -1.08. The van der Waals surface area contributed by atoms with E-state index in [1.807, 2.05) is 0 Å². The summed E-state index contributed by atoms with van der Waals surface area (Å²) in [6.07, 6.45) is 0.669. The van der Waals surface area contributed by atoms with Crippen molar-refractivity contribution in [1.82, 2.24) is 4.98 Å².